The lowest BCUT2D eigenvalue weighted by Gasteiger charge is -2.18. The molecule has 0 spiro atoms. The molecule has 0 fully saturated rings. The molecule has 0 unspecified atom stereocenters. The Kier molecular flexibility index (Phi) is 7.09. The van der Waals surface area contributed by atoms with E-state index < -0.39 is 0 Å². The molecular formula is C23H21F2N3OS2. The normalized spacial score (nSPS) is 11.4. The fourth-order valence-corrected chi connectivity index (χ4v) is 4.73. The highest BCUT2D eigenvalue weighted by molar-refractivity contribution is 7.99. The van der Waals surface area contributed by atoms with Crippen molar-refractivity contribution in [2.24, 2.45) is 0 Å². The minimum absolute atomic E-state index is 0.0629. The van der Waals surface area contributed by atoms with E-state index in [1.807, 2.05) is 12.3 Å². The molecule has 4 nitrogen and oxygen atoms in total. The molecule has 4 aromatic rings. The highest BCUT2D eigenvalue weighted by atomic mass is 32.2. The summed E-state index contributed by atoms with van der Waals surface area (Å²) in [5, 5.41) is 11.8. The van der Waals surface area contributed by atoms with Gasteiger partial charge in [0.2, 0.25) is 5.89 Å². The largest absolute Gasteiger partial charge is 0.416 e. The SMILES string of the molecule is Cc1nc(Cc2nnc(SCCCC(c3ccc(F)cc3)c3ccc(F)cc3)o2)cs1. The summed E-state index contributed by atoms with van der Waals surface area (Å²) >= 11 is 3.12. The van der Waals surface area contributed by atoms with E-state index >= 15 is 0 Å². The van der Waals surface area contributed by atoms with Gasteiger partial charge in [-0.25, -0.2) is 13.8 Å². The summed E-state index contributed by atoms with van der Waals surface area (Å²) in [4.78, 5) is 4.42. The second-order valence-corrected chi connectivity index (χ2v) is 9.25. The number of nitrogens with zero attached hydrogens (tertiary/aromatic N) is 3. The molecule has 0 N–H and O–H groups in total. The fraction of sp³-hybridized carbons (Fsp3) is 0.261. The van der Waals surface area contributed by atoms with E-state index in [9.17, 15) is 8.78 Å². The number of hydrogen-bond acceptors (Lipinski definition) is 6. The van der Waals surface area contributed by atoms with Gasteiger partial charge in [0.05, 0.1) is 17.1 Å². The lowest BCUT2D eigenvalue weighted by molar-refractivity contribution is 0.419. The van der Waals surface area contributed by atoms with Gasteiger partial charge in [-0.15, -0.1) is 21.5 Å². The first-order valence-corrected chi connectivity index (χ1v) is 11.8. The summed E-state index contributed by atoms with van der Waals surface area (Å²) in [6.45, 7) is 1.97. The molecule has 0 aliphatic heterocycles. The number of rotatable bonds is 9. The average molecular weight is 458 g/mol. The van der Waals surface area contributed by atoms with Gasteiger partial charge in [-0.1, -0.05) is 36.0 Å². The van der Waals surface area contributed by atoms with E-state index in [1.165, 1.54) is 36.0 Å². The summed E-state index contributed by atoms with van der Waals surface area (Å²) in [7, 11) is 0. The quantitative estimate of drug-likeness (QED) is 0.215. The van der Waals surface area contributed by atoms with Crippen LogP contribution < -0.4 is 0 Å². The van der Waals surface area contributed by atoms with Crippen molar-refractivity contribution in [2.75, 3.05) is 5.75 Å². The van der Waals surface area contributed by atoms with Crippen LogP contribution in [0.1, 0.15) is 46.5 Å². The van der Waals surface area contributed by atoms with Gasteiger partial charge in [0, 0.05) is 17.1 Å². The molecule has 160 valence electrons. The van der Waals surface area contributed by atoms with Crippen molar-refractivity contribution in [2.45, 2.75) is 37.3 Å². The van der Waals surface area contributed by atoms with Crippen molar-refractivity contribution in [3.63, 3.8) is 0 Å². The monoisotopic (exact) mass is 457 g/mol. The number of thioether (sulfide) groups is 1. The molecule has 0 saturated heterocycles. The second kappa shape index (κ2) is 10.2. The first-order chi connectivity index (χ1) is 15.1. The summed E-state index contributed by atoms with van der Waals surface area (Å²) in [6, 6.07) is 13.0. The molecule has 0 saturated carbocycles. The molecule has 0 radical (unpaired) electrons. The Morgan fingerprint density at radius 3 is 2.19 bits per heavy atom. The van der Waals surface area contributed by atoms with Crippen molar-refractivity contribution in [3.8, 4) is 0 Å². The highest BCUT2D eigenvalue weighted by Gasteiger charge is 2.15. The van der Waals surface area contributed by atoms with Crippen LogP contribution >= 0.6 is 23.1 Å². The Hall–Kier alpha value is -2.58. The Morgan fingerprint density at radius 1 is 0.968 bits per heavy atom. The van der Waals surface area contributed by atoms with Gasteiger partial charge < -0.3 is 4.42 Å². The van der Waals surface area contributed by atoms with Crippen LogP contribution in [0.5, 0.6) is 0 Å². The molecule has 0 bridgehead atoms. The fourth-order valence-electron chi connectivity index (χ4n) is 3.38. The molecule has 2 heterocycles. The Bertz CT molecular complexity index is 1070. The maximum atomic E-state index is 13.4. The topological polar surface area (TPSA) is 51.8 Å². The molecule has 2 aromatic heterocycles. The summed E-state index contributed by atoms with van der Waals surface area (Å²) in [5.74, 6) is 0.890. The zero-order chi connectivity index (χ0) is 21.6. The van der Waals surface area contributed by atoms with Crippen LogP contribution in [0.25, 0.3) is 0 Å². The van der Waals surface area contributed by atoms with Gasteiger partial charge in [-0.3, -0.25) is 0 Å². The van der Waals surface area contributed by atoms with Crippen LogP contribution in [0.2, 0.25) is 0 Å². The molecule has 0 amide bonds. The first kappa shape index (κ1) is 21.6. The summed E-state index contributed by atoms with van der Waals surface area (Å²) in [6.07, 6.45) is 2.26. The molecule has 0 aliphatic carbocycles. The van der Waals surface area contributed by atoms with Gasteiger partial charge in [0.1, 0.15) is 11.6 Å². The van der Waals surface area contributed by atoms with E-state index in [0.717, 1.165) is 40.4 Å². The third-order valence-corrected chi connectivity index (χ3v) is 6.58. The molecule has 8 heteroatoms. The predicted octanol–water partition coefficient (Wildman–Crippen LogP) is 6.41. The Balaban J connectivity index is 1.34. The molecule has 0 atom stereocenters. The van der Waals surface area contributed by atoms with Crippen molar-refractivity contribution in [3.05, 3.63) is 93.3 Å². The van der Waals surface area contributed by atoms with E-state index in [2.05, 4.69) is 15.2 Å². The molecule has 31 heavy (non-hydrogen) atoms. The first-order valence-electron chi connectivity index (χ1n) is 9.94. The average Bonchev–Trinajstić information content (AvgIpc) is 3.39. The smallest absolute Gasteiger partial charge is 0.276 e. The van der Waals surface area contributed by atoms with Gasteiger partial charge >= 0.3 is 0 Å². The lowest BCUT2D eigenvalue weighted by atomic mass is 9.88. The van der Waals surface area contributed by atoms with E-state index in [0.29, 0.717) is 17.5 Å². The summed E-state index contributed by atoms with van der Waals surface area (Å²) < 4.78 is 32.4. The Labute approximate surface area is 187 Å². The van der Waals surface area contributed by atoms with Crippen molar-refractivity contribution < 1.29 is 13.2 Å². The van der Waals surface area contributed by atoms with Crippen LogP contribution in [0.3, 0.4) is 0 Å². The number of halogens is 2. The zero-order valence-corrected chi connectivity index (χ0v) is 18.6. The summed E-state index contributed by atoms with van der Waals surface area (Å²) in [5.41, 5.74) is 2.96. The number of aromatic nitrogens is 3. The van der Waals surface area contributed by atoms with E-state index in [1.54, 1.807) is 35.6 Å². The minimum Gasteiger partial charge on any atom is -0.416 e. The van der Waals surface area contributed by atoms with Crippen LogP contribution in [0.15, 0.2) is 63.6 Å². The second-order valence-electron chi connectivity index (χ2n) is 7.14. The van der Waals surface area contributed by atoms with Gasteiger partial charge in [-0.2, -0.15) is 0 Å². The van der Waals surface area contributed by atoms with Gasteiger partial charge in [0.15, 0.2) is 0 Å². The number of hydrogen-bond donors (Lipinski definition) is 0. The maximum Gasteiger partial charge on any atom is 0.276 e. The van der Waals surface area contributed by atoms with Crippen molar-refractivity contribution in [1.29, 1.82) is 0 Å². The van der Waals surface area contributed by atoms with Crippen molar-refractivity contribution >= 4 is 23.1 Å². The van der Waals surface area contributed by atoms with Crippen molar-refractivity contribution in [1.82, 2.24) is 15.2 Å². The number of benzene rings is 2. The van der Waals surface area contributed by atoms with Gasteiger partial charge in [0.25, 0.3) is 5.22 Å². The minimum atomic E-state index is -0.267. The molecule has 4 rings (SSSR count). The zero-order valence-electron chi connectivity index (χ0n) is 16.9. The molecular weight excluding hydrogens is 436 g/mol. The lowest BCUT2D eigenvalue weighted by Crippen LogP contribution is -2.02. The van der Waals surface area contributed by atoms with Crippen LogP contribution in [-0.2, 0) is 6.42 Å². The standard InChI is InChI=1S/C23H21F2N3OS2/c1-15-26-20(14-31-15)13-22-27-28-23(29-22)30-12-2-3-21(16-4-8-18(24)9-5-16)17-6-10-19(25)11-7-17/h4-11,14,21H,2-3,12-13H2,1H3. The molecule has 0 aliphatic rings. The number of thiazole rings is 1. The molecule has 2 aromatic carbocycles. The Morgan fingerprint density at radius 2 is 1.61 bits per heavy atom. The van der Waals surface area contributed by atoms with Crippen LogP contribution in [0.4, 0.5) is 8.78 Å². The van der Waals surface area contributed by atoms with Crippen LogP contribution in [0, 0.1) is 18.6 Å². The highest BCUT2D eigenvalue weighted by Crippen LogP contribution is 2.31. The van der Waals surface area contributed by atoms with Crippen LogP contribution in [-0.4, -0.2) is 20.9 Å². The van der Waals surface area contributed by atoms with E-state index in [-0.39, 0.29) is 17.6 Å². The predicted molar refractivity (Wildman–Crippen MR) is 119 cm³/mol. The van der Waals surface area contributed by atoms with E-state index in [4.69, 9.17) is 4.42 Å². The third kappa shape index (κ3) is 5.98. The maximum absolute atomic E-state index is 13.4. The third-order valence-electron chi connectivity index (χ3n) is 4.85. The number of aryl methyl sites for hydroxylation is 1. The van der Waals surface area contributed by atoms with Gasteiger partial charge in [-0.05, 0) is 55.2 Å².